The molecule has 0 aliphatic carbocycles. The van der Waals surface area contributed by atoms with Gasteiger partial charge in [0.15, 0.2) is 11.5 Å². The van der Waals surface area contributed by atoms with Crippen LogP contribution < -0.4 is 0 Å². The molecule has 0 saturated heterocycles. The summed E-state index contributed by atoms with van der Waals surface area (Å²) in [6.45, 7) is 0. The summed E-state index contributed by atoms with van der Waals surface area (Å²) in [5.74, 6) is 2.16. The summed E-state index contributed by atoms with van der Waals surface area (Å²) in [7, 11) is 0. The van der Waals surface area contributed by atoms with Gasteiger partial charge in [-0.3, -0.25) is 0 Å². The topological polar surface area (TPSA) is 39.4 Å². The van der Waals surface area contributed by atoms with Gasteiger partial charge in [-0.2, -0.15) is 0 Å². The fourth-order valence-electron chi connectivity index (χ4n) is 1.53. The maximum Gasteiger partial charge on any atom is 0.180 e. The molecule has 3 heterocycles. The zero-order valence-electron chi connectivity index (χ0n) is 7.84. The van der Waals surface area contributed by atoms with Crippen LogP contribution in [0.2, 0.25) is 0 Å². The zero-order chi connectivity index (χ0) is 10.1. The molecule has 0 aliphatic rings. The van der Waals surface area contributed by atoms with Gasteiger partial charge < -0.3 is 13.3 Å². The van der Waals surface area contributed by atoms with Gasteiger partial charge in [0.25, 0.3) is 0 Å². The molecular formula is C12H8O3. The minimum Gasteiger partial charge on any atom is -0.464 e. The van der Waals surface area contributed by atoms with Crippen molar-refractivity contribution in [3.05, 3.63) is 49.1 Å². The molecule has 0 N–H and O–H groups in total. The first-order chi connectivity index (χ1) is 7.45. The van der Waals surface area contributed by atoms with E-state index in [9.17, 15) is 0 Å². The summed E-state index contributed by atoms with van der Waals surface area (Å²) >= 11 is 0. The minimum atomic E-state index is 0.690. The predicted molar refractivity (Wildman–Crippen MR) is 54.1 cm³/mol. The highest BCUT2D eigenvalue weighted by molar-refractivity contribution is 5.74. The first-order valence-electron chi connectivity index (χ1n) is 4.60. The van der Waals surface area contributed by atoms with Crippen molar-refractivity contribution in [1.82, 2.24) is 0 Å². The van der Waals surface area contributed by atoms with E-state index in [1.807, 2.05) is 30.3 Å². The molecule has 0 amide bonds. The second-order valence-electron chi connectivity index (χ2n) is 3.12. The largest absolute Gasteiger partial charge is 0.464 e. The summed E-state index contributed by atoms with van der Waals surface area (Å²) in [6.07, 6.45) is 4.87. The van der Waals surface area contributed by atoms with Crippen molar-refractivity contribution < 1.29 is 13.3 Å². The fraction of sp³-hybridized carbons (Fsp3) is 0. The lowest BCUT2D eigenvalue weighted by Crippen LogP contribution is -1.73. The van der Waals surface area contributed by atoms with E-state index in [0.717, 1.165) is 11.3 Å². The van der Waals surface area contributed by atoms with E-state index < -0.39 is 0 Å². The predicted octanol–water partition coefficient (Wildman–Crippen LogP) is 3.80. The van der Waals surface area contributed by atoms with Gasteiger partial charge in [0, 0.05) is 0 Å². The van der Waals surface area contributed by atoms with Gasteiger partial charge in [0.1, 0.15) is 5.76 Å². The Morgan fingerprint density at radius 2 is 1.40 bits per heavy atom. The summed E-state index contributed by atoms with van der Waals surface area (Å²) < 4.78 is 16.0. The van der Waals surface area contributed by atoms with Crippen LogP contribution in [0.5, 0.6) is 0 Å². The summed E-state index contributed by atoms with van der Waals surface area (Å²) in [5.41, 5.74) is 0.898. The number of hydrogen-bond donors (Lipinski definition) is 0. The lowest BCUT2D eigenvalue weighted by molar-refractivity contribution is 0.523. The quantitative estimate of drug-likeness (QED) is 0.631. The van der Waals surface area contributed by atoms with Gasteiger partial charge in [0.05, 0.1) is 24.4 Å². The van der Waals surface area contributed by atoms with Gasteiger partial charge in [-0.05, 0) is 30.3 Å². The highest BCUT2D eigenvalue weighted by Crippen LogP contribution is 2.33. The Morgan fingerprint density at radius 1 is 0.667 bits per heavy atom. The number of furan rings is 3. The zero-order valence-corrected chi connectivity index (χ0v) is 7.84. The molecule has 0 fully saturated rings. The Labute approximate surface area is 85.9 Å². The highest BCUT2D eigenvalue weighted by atomic mass is 16.4. The average molecular weight is 200 g/mol. The van der Waals surface area contributed by atoms with Crippen molar-refractivity contribution in [1.29, 1.82) is 0 Å². The molecule has 3 heteroatoms. The summed E-state index contributed by atoms with van der Waals surface area (Å²) in [4.78, 5) is 0. The van der Waals surface area contributed by atoms with Crippen LogP contribution in [0, 0.1) is 0 Å². The van der Waals surface area contributed by atoms with Crippen molar-refractivity contribution >= 4 is 0 Å². The molecule has 0 aromatic carbocycles. The monoisotopic (exact) mass is 200 g/mol. The number of rotatable bonds is 2. The van der Waals surface area contributed by atoms with Crippen LogP contribution in [-0.2, 0) is 0 Å². The van der Waals surface area contributed by atoms with E-state index in [2.05, 4.69) is 0 Å². The van der Waals surface area contributed by atoms with Crippen molar-refractivity contribution in [3.8, 4) is 22.8 Å². The van der Waals surface area contributed by atoms with Crippen molar-refractivity contribution in [2.45, 2.75) is 0 Å². The lowest BCUT2D eigenvalue weighted by atomic mass is 10.2. The van der Waals surface area contributed by atoms with Crippen molar-refractivity contribution in [3.63, 3.8) is 0 Å². The summed E-state index contributed by atoms with van der Waals surface area (Å²) in [5, 5.41) is 0. The Hall–Kier alpha value is -2.16. The molecule has 0 atom stereocenters. The molecule has 15 heavy (non-hydrogen) atoms. The second-order valence-corrected chi connectivity index (χ2v) is 3.12. The van der Waals surface area contributed by atoms with Crippen molar-refractivity contribution in [2.24, 2.45) is 0 Å². The lowest BCUT2D eigenvalue weighted by Gasteiger charge is -1.95. The SMILES string of the molecule is c1coc(-c2ccoc2-c2ccco2)c1. The van der Waals surface area contributed by atoms with Crippen LogP contribution in [0.4, 0.5) is 0 Å². The first-order valence-corrected chi connectivity index (χ1v) is 4.60. The molecular weight excluding hydrogens is 192 g/mol. The highest BCUT2D eigenvalue weighted by Gasteiger charge is 2.14. The smallest absolute Gasteiger partial charge is 0.180 e. The Morgan fingerprint density at radius 3 is 2.07 bits per heavy atom. The Bertz CT molecular complexity index is 480. The van der Waals surface area contributed by atoms with E-state index in [0.29, 0.717) is 11.5 Å². The van der Waals surface area contributed by atoms with Crippen LogP contribution in [-0.4, -0.2) is 0 Å². The molecule has 0 saturated carbocycles. The molecule has 74 valence electrons. The third kappa shape index (κ3) is 1.29. The van der Waals surface area contributed by atoms with Crippen LogP contribution in [0.1, 0.15) is 0 Å². The number of hydrogen-bond acceptors (Lipinski definition) is 3. The first kappa shape index (κ1) is 8.17. The van der Waals surface area contributed by atoms with Gasteiger partial charge in [-0.25, -0.2) is 0 Å². The molecule has 0 aliphatic heterocycles. The van der Waals surface area contributed by atoms with E-state index in [1.54, 1.807) is 18.8 Å². The molecule has 3 rings (SSSR count). The van der Waals surface area contributed by atoms with E-state index >= 15 is 0 Å². The third-order valence-electron chi connectivity index (χ3n) is 2.20. The van der Waals surface area contributed by atoms with Crippen LogP contribution in [0.25, 0.3) is 22.8 Å². The average Bonchev–Trinajstić information content (AvgIpc) is 3.01. The maximum atomic E-state index is 5.38. The van der Waals surface area contributed by atoms with Gasteiger partial charge in [-0.15, -0.1) is 0 Å². The Kier molecular flexibility index (Phi) is 1.75. The second kappa shape index (κ2) is 3.20. The van der Waals surface area contributed by atoms with Crippen LogP contribution >= 0.6 is 0 Å². The standard InChI is InChI=1S/C12H8O3/c1-3-10(13-6-1)9-5-8-15-12(9)11-4-2-7-14-11/h1-8H. The summed E-state index contributed by atoms with van der Waals surface area (Å²) in [6, 6.07) is 9.26. The third-order valence-corrected chi connectivity index (χ3v) is 2.20. The molecule has 3 aromatic rings. The van der Waals surface area contributed by atoms with Gasteiger partial charge >= 0.3 is 0 Å². The van der Waals surface area contributed by atoms with E-state index in [1.165, 1.54) is 0 Å². The molecule has 0 radical (unpaired) electrons. The molecule has 0 unspecified atom stereocenters. The molecule has 0 spiro atoms. The normalized spacial score (nSPS) is 10.7. The Balaban J connectivity index is 2.15. The van der Waals surface area contributed by atoms with E-state index in [-0.39, 0.29) is 0 Å². The molecule has 3 aromatic heterocycles. The van der Waals surface area contributed by atoms with Gasteiger partial charge in [0.2, 0.25) is 0 Å². The van der Waals surface area contributed by atoms with E-state index in [4.69, 9.17) is 13.3 Å². The molecule has 0 bridgehead atoms. The van der Waals surface area contributed by atoms with Gasteiger partial charge in [-0.1, -0.05) is 0 Å². The van der Waals surface area contributed by atoms with Crippen molar-refractivity contribution in [2.75, 3.05) is 0 Å². The fourth-order valence-corrected chi connectivity index (χ4v) is 1.53. The van der Waals surface area contributed by atoms with Crippen LogP contribution in [0.3, 0.4) is 0 Å². The minimum absolute atomic E-state index is 0.690. The molecule has 3 nitrogen and oxygen atoms in total. The van der Waals surface area contributed by atoms with Crippen LogP contribution in [0.15, 0.2) is 62.4 Å². The maximum absolute atomic E-state index is 5.38.